The van der Waals surface area contributed by atoms with Crippen LogP contribution in [0.2, 0.25) is 0 Å². The van der Waals surface area contributed by atoms with Crippen LogP contribution in [0, 0.1) is 0 Å². The summed E-state index contributed by atoms with van der Waals surface area (Å²) in [6.07, 6.45) is 1.71. The van der Waals surface area contributed by atoms with Crippen molar-refractivity contribution in [3.05, 3.63) is 36.2 Å². The summed E-state index contributed by atoms with van der Waals surface area (Å²) in [5, 5.41) is 2.97. The second-order valence-electron chi connectivity index (χ2n) is 3.76. The average molecular weight is 245 g/mol. The average Bonchev–Trinajstić information content (AvgIpc) is 2.39. The van der Waals surface area contributed by atoms with Crippen LogP contribution in [0.3, 0.4) is 0 Å². The molecule has 0 saturated heterocycles. The maximum atomic E-state index is 11.1. The zero-order valence-electron chi connectivity index (χ0n) is 10.2. The number of hydrogen-bond acceptors (Lipinski definition) is 5. The summed E-state index contributed by atoms with van der Waals surface area (Å²) in [6, 6.07) is 7.68. The van der Waals surface area contributed by atoms with E-state index >= 15 is 0 Å². The molecule has 5 heteroatoms. The van der Waals surface area contributed by atoms with E-state index in [0.717, 1.165) is 16.7 Å². The van der Waals surface area contributed by atoms with Crippen LogP contribution in [0.15, 0.2) is 30.5 Å². The Morgan fingerprint density at radius 1 is 1.33 bits per heavy atom. The fraction of sp³-hybridized carbons (Fsp3) is 0.308. The first-order chi connectivity index (χ1) is 8.79. The number of nitrogens with zero attached hydrogens (tertiary/aromatic N) is 2. The highest BCUT2D eigenvalue weighted by atomic mass is 16.5. The van der Waals surface area contributed by atoms with Gasteiger partial charge in [-0.1, -0.05) is 12.1 Å². The zero-order valence-corrected chi connectivity index (χ0v) is 10.2. The van der Waals surface area contributed by atoms with Crippen molar-refractivity contribution < 1.29 is 9.53 Å². The van der Waals surface area contributed by atoms with Gasteiger partial charge in [-0.3, -0.25) is 9.78 Å². The first-order valence-electron chi connectivity index (χ1n) is 5.86. The molecule has 1 N–H and O–H groups in total. The Labute approximate surface area is 105 Å². The van der Waals surface area contributed by atoms with Crippen molar-refractivity contribution in [2.24, 2.45) is 0 Å². The number of aromatic nitrogens is 2. The molecule has 0 unspecified atom stereocenters. The van der Waals surface area contributed by atoms with Crippen LogP contribution >= 0.6 is 0 Å². The van der Waals surface area contributed by atoms with Gasteiger partial charge in [0.15, 0.2) is 0 Å². The maximum Gasteiger partial charge on any atom is 0.319 e. The van der Waals surface area contributed by atoms with E-state index in [0.29, 0.717) is 13.2 Å². The van der Waals surface area contributed by atoms with Gasteiger partial charge in [0.2, 0.25) is 0 Å². The van der Waals surface area contributed by atoms with Crippen LogP contribution in [0.25, 0.3) is 11.0 Å². The normalized spacial score (nSPS) is 10.5. The summed E-state index contributed by atoms with van der Waals surface area (Å²) < 4.78 is 4.81. The fourth-order valence-electron chi connectivity index (χ4n) is 1.59. The van der Waals surface area contributed by atoms with Crippen LogP contribution in [0.4, 0.5) is 0 Å². The molecule has 0 amide bonds. The summed E-state index contributed by atoms with van der Waals surface area (Å²) in [4.78, 5) is 19.9. The minimum atomic E-state index is -0.258. The molecule has 2 aromatic rings. The topological polar surface area (TPSA) is 64.1 Å². The van der Waals surface area contributed by atoms with Gasteiger partial charge in [-0.25, -0.2) is 4.98 Å². The molecule has 18 heavy (non-hydrogen) atoms. The van der Waals surface area contributed by atoms with Crippen molar-refractivity contribution >= 4 is 17.0 Å². The van der Waals surface area contributed by atoms with Crippen molar-refractivity contribution in [2.75, 3.05) is 13.2 Å². The van der Waals surface area contributed by atoms with Crippen molar-refractivity contribution in [3.8, 4) is 0 Å². The molecular formula is C13H15N3O2. The van der Waals surface area contributed by atoms with Crippen LogP contribution in [0.5, 0.6) is 0 Å². The van der Waals surface area contributed by atoms with Crippen LogP contribution in [-0.2, 0) is 16.1 Å². The minimum Gasteiger partial charge on any atom is -0.465 e. The van der Waals surface area contributed by atoms with E-state index < -0.39 is 0 Å². The third-order valence-corrected chi connectivity index (χ3v) is 2.38. The molecule has 0 spiro atoms. The second kappa shape index (κ2) is 6.07. The minimum absolute atomic E-state index is 0.183. The number of carbonyl (C=O) groups is 1. The molecule has 0 radical (unpaired) electrons. The van der Waals surface area contributed by atoms with Crippen LogP contribution in [0.1, 0.15) is 12.6 Å². The largest absolute Gasteiger partial charge is 0.465 e. The SMILES string of the molecule is CCOC(=O)CNCc1cnc2ccccc2n1. The lowest BCUT2D eigenvalue weighted by molar-refractivity contribution is -0.142. The quantitative estimate of drug-likeness (QED) is 0.804. The highest BCUT2D eigenvalue weighted by Crippen LogP contribution is 2.07. The lowest BCUT2D eigenvalue weighted by Crippen LogP contribution is -2.24. The molecule has 1 aromatic carbocycles. The number of benzene rings is 1. The van der Waals surface area contributed by atoms with Gasteiger partial charge < -0.3 is 10.1 Å². The highest BCUT2D eigenvalue weighted by molar-refractivity contribution is 5.73. The Balaban J connectivity index is 1.93. The molecule has 0 saturated carbocycles. The molecule has 1 aromatic heterocycles. The fourth-order valence-corrected chi connectivity index (χ4v) is 1.59. The summed E-state index contributed by atoms with van der Waals surface area (Å²) >= 11 is 0. The number of nitrogens with one attached hydrogen (secondary N) is 1. The Bertz CT molecular complexity index is 543. The monoisotopic (exact) mass is 245 g/mol. The van der Waals surface area contributed by atoms with Gasteiger partial charge in [-0.05, 0) is 19.1 Å². The van der Waals surface area contributed by atoms with Gasteiger partial charge >= 0.3 is 5.97 Å². The zero-order chi connectivity index (χ0) is 12.8. The van der Waals surface area contributed by atoms with E-state index in [4.69, 9.17) is 4.74 Å². The molecule has 94 valence electrons. The first-order valence-corrected chi connectivity index (χ1v) is 5.86. The molecule has 0 aliphatic carbocycles. The summed E-state index contributed by atoms with van der Waals surface area (Å²) in [5.41, 5.74) is 2.53. The number of fused-ring (bicyclic) bond motifs is 1. The summed E-state index contributed by atoms with van der Waals surface area (Å²) in [6.45, 7) is 2.86. The molecule has 0 atom stereocenters. The van der Waals surface area contributed by atoms with E-state index in [-0.39, 0.29) is 12.5 Å². The van der Waals surface area contributed by atoms with E-state index in [1.807, 2.05) is 24.3 Å². The molecule has 5 nitrogen and oxygen atoms in total. The summed E-state index contributed by atoms with van der Waals surface area (Å²) in [5.74, 6) is -0.258. The second-order valence-corrected chi connectivity index (χ2v) is 3.76. The van der Waals surface area contributed by atoms with Gasteiger partial charge in [0.25, 0.3) is 0 Å². The molecule has 0 bridgehead atoms. The number of hydrogen-bond donors (Lipinski definition) is 1. The number of para-hydroxylation sites is 2. The van der Waals surface area contributed by atoms with E-state index in [9.17, 15) is 4.79 Å². The van der Waals surface area contributed by atoms with Gasteiger partial charge in [0.1, 0.15) is 0 Å². The highest BCUT2D eigenvalue weighted by Gasteiger charge is 2.02. The Kier molecular flexibility index (Phi) is 4.20. The molecule has 1 heterocycles. The number of esters is 1. The van der Waals surface area contributed by atoms with Crippen LogP contribution < -0.4 is 5.32 Å². The van der Waals surface area contributed by atoms with E-state index in [1.165, 1.54) is 0 Å². The summed E-state index contributed by atoms with van der Waals surface area (Å²) in [7, 11) is 0. The van der Waals surface area contributed by atoms with Crippen LogP contribution in [-0.4, -0.2) is 29.1 Å². The Morgan fingerprint density at radius 3 is 2.89 bits per heavy atom. The standard InChI is InChI=1S/C13H15N3O2/c1-2-18-13(17)9-14-7-10-8-15-11-5-3-4-6-12(11)16-10/h3-6,8,14H,2,7,9H2,1H3. The van der Waals surface area contributed by atoms with Gasteiger partial charge in [-0.2, -0.15) is 0 Å². The Morgan fingerprint density at radius 2 is 2.11 bits per heavy atom. The third-order valence-electron chi connectivity index (χ3n) is 2.38. The van der Waals surface area contributed by atoms with Gasteiger partial charge in [-0.15, -0.1) is 0 Å². The maximum absolute atomic E-state index is 11.1. The smallest absolute Gasteiger partial charge is 0.319 e. The third kappa shape index (κ3) is 3.24. The molecule has 2 rings (SSSR count). The van der Waals surface area contributed by atoms with Crippen molar-refractivity contribution in [1.82, 2.24) is 15.3 Å². The van der Waals surface area contributed by atoms with Crippen molar-refractivity contribution in [1.29, 1.82) is 0 Å². The van der Waals surface area contributed by atoms with E-state index in [2.05, 4.69) is 15.3 Å². The molecular weight excluding hydrogens is 230 g/mol. The van der Waals surface area contributed by atoms with Gasteiger partial charge in [0, 0.05) is 6.54 Å². The lowest BCUT2D eigenvalue weighted by Gasteiger charge is -2.04. The number of ether oxygens (including phenoxy) is 1. The molecule has 0 aliphatic rings. The molecule has 0 fully saturated rings. The van der Waals surface area contributed by atoms with E-state index in [1.54, 1.807) is 13.1 Å². The number of rotatable bonds is 5. The first kappa shape index (κ1) is 12.4. The van der Waals surface area contributed by atoms with Crippen molar-refractivity contribution in [2.45, 2.75) is 13.5 Å². The predicted octanol–water partition coefficient (Wildman–Crippen LogP) is 1.28. The molecule has 0 aliphatic heterocycles. The Hall–Kier alpha value is -2.01. The lowest BCUT2D eigenvalue weighted by atomic mass is 10.3. The predicted molar refractivity (Wildman–Crippen MR) is 67.9 cm³/mol. The van der Waals surface area contributed by atoms with Crippen molar-refractivity contribution in [3.63, 3.8) is 0 Å². The number of carbonyl (C=O) groups excluding carboxylic acids is 1. The van der Waals surface area contributed by atoms with Gasteiger partial charge in [0.05, 0.1) is 36.1 Å².